The van der Waals surface area contributed by atoms with Crippen LogP contribution in [0, 0.1) is 5.92 Å². The minimum atomic E-state index is 0.0498. The molecule has 2 fully saturated rings. The van der Waals surface area contributed by atoms with E-state index in [-0.39, 0.29) is 11.9 Å². The molecule has 0 spiro atoms. The number of thioether (sulfide) groups is 1. The molecule has 2 N–H and O–H groups in total. The standard InChI is InChI=1S/C10H18N2OS/c13-10(9-7-14-5-4-11-9)12-6-8-2-1-3-8/h8-9,11H,1-7H2,(H,12,13). The second kappa shape index (κ2) is 5.03. The van der Waals surface area contributed by atoms with Gasteiger partial charge >= 0.3 is 0 Å². The van der Waals surface area contributed by atoms with E-state index < -0.39 is 0 Å². The molecule has 3 nitrogen and oxygen atoms in total. The lowest BCUT2D eigenvalue weighted by Gasteiger charge is -2.27. The summed E-state index contributed by atoms with van der Waals surface area (Å²) < 4.78 is 0. The van der Waals surface area contributed by atoms with Crippen molar-refractivity contribution >= 4 is 17.7 Å². The van der Waals surface area contributed by atoms with Crippen molar-refractivity contribution in [1.29, 1.82) is 0 Å². The molecular weight excluding hydrogens is 196 g/mol. The first-order chi connectivity index (χ1) is 6.86. The molecule has 0 aromatic heterocycles. The van der Waals surface area contributed by atoms with E-state index in [0.717, 1.165) is 30.5 Å². The van der Waals surface area contributed by atoms with E-state index in [0.29, 0.717) is 0 Å². The lowest BCUT2D eigenvalue weighted by Crippen LogP contribution is -2.50. The minimum Gasteiger partial charge on any atom is -0.354 e. The molecule has 1 atom stereocenters. The van der Waals surface area contributed by atoms with Crippen LogP contribution in [0.2, 0.25) is 0 Å². The van der Waals surface area contributed by atoms with Gasteiger partial charge in [0.1, 0.15) is 0 Å². The SMILES string of the molecule is O=C(NCC1CCC1)C1CSCCN1. The van der Waals surface area contributed by atoms with Crippen LogP contribution in [0.5, 0.6) is 0 Å². The number of rotatable bonds is 3. The van der Waals surface area contributed by atoms with Crippen molar-refractivity contribution in [2.24, 2.45) is 5.92 Å². The molecule has 0 aromatic rings. The Morgan fingerprint density at radius 3 is 2.93 bits per heavy atom. The number of nitrogens with one attached hydrogen (secondary N) is 2. The van der Waals surface area contributed by atoms with Gasteiger partial charge in [0.05, 0.1) is 6.04 Å². The molecule has 0 aromatic carbocycles. The summed E-state index contributed by atoms with van der Waals surface area (Å²) >= 11 is 1.86. The second-order valence-corrected chi connectivity index (χ2v) is 5.27. The van der Waals surface area contributed by atoms with E-state index in [4.69, 9.17) is 0 Å². The highest BCUT2D eigenvalue weighted by atomic mass is 32.2. The third-order valence-corrected chi connectivity index (χ3v) is 4.09. The molecule has 0 bridgehead atoms. The van der Waals surface area contributed by atoms with Crippen molar-refractivity contribution in [3.8, 4) is 0 Å². The lowest BCUT2D eigenvalue weighted by molar-refractivity contribution is -0.122. The molecule has 80 valence electrons. The summed E-state index contributed by atoms with van der Waals surface area (Å²) in [6.45, 7) is 1.86. The highest BCUT2D eigenvalue weighted by Crippen LogP contribution is 2.25. The van der Waals surface area contributed by atoms with E-state index in [1.165, 1.54) is 19.3 Å². The largest absolute Gasteiger partial charge is 0.354 e. The molecule has 1 aliphatic heterocycles. The van der Waals surface area contributed by atoms with Gasteiger partial charge in [0.15, 0.2) is 0 Å². The topological polar surface area (TPSA) is 41.1 Å². The van der Waals surface area contributed by atoms with Crippen molar-refractivity contribution in [1.82, 2.24) is 10.6 Å². The van der Waals surface area contributed by atoms with Gasteiger partial charge in [0.25, 0.3) is 0 Å². The first-order valence-corrected chi connectivity index (χ1v) is 6.60. The Hall–Kier alpha value is -0.220. The quantitative estimate of drug-likeness (QED) is 0.723. The van der Waals surface area contributed by atoms with Crippen LogP contribution in [0.25, 0.3) is 0 Å². The molecule has 4 heteroatoms. The van der Waals surface area contributed by atoms with Crippen molar-refractivity contribution in [2.75, 3.05) is 24.6 Å². The van der Waals surface area contributed by atoms with E-state index >= 15 is 0 Å². The molecule has 1 unspecified atom stereocenters. The summed E-state index contributed by atoms with van der Waals surface area (Å²) in [7, 11) is 0. The number of hydrogen-bond donors (Lipinski definition) is 2. The number of hydrogen-bond acceptors (Lipinski definition) is 3. The van der Waals surface area contributed by atoms with Gasteiger partial charge in [-0.25, -0.2) is 0 Å². The van der Waals surface area contributed by atoms with Gasteiger partial charge in [-0.3, -0.25) is 4.79 Å². The van der Waals surface area contributed by atoms with Crippen LogP contribution in [-0.2, 0) is 4.79 Å². The van der Waals surface area contributed by atoms with Gasteiger partial charge < -0.3 is 10.6 Å². The Balaban J connectivity index is 1.65. The zero-order chi connectivity index (χ0) is 9.80. The van der Waals surface area contributed by atoms with Crippen LogP contribution in [-0.4, -0.2) is 36.5 Å². The molecule has 1 amide bonds. The van der Waals surface area contributed by atoms with Crippen molar-refractivity contribution in [2.45, 2.75) is 25.3 Å². The van der Waals surface area contributed by atoms with Crippen LogP contribution in [0.4, 0.5) is 0 Å². The maximum absolute atomic E-state index is 11.7. The summed E-state index contributed by atoms with van der Waals surface area (Å²) in [5.41, 5.74) is 0. The predicted molar refractivity (Wildman–Crippen MR) is 59.5 cm³/mol. The fourth-order valence-corrected chi connectivity index (χ4v) is 2.73. The third kappa shape index (κ3) is 2.64. The van der Waals surface area contributed by atoms with Crippen LogP contribution in [0.3, 0.4) is 0 Å². The highest BCUT2D eigenvalue weighted by Gasteiger charge is 2.23. The summed E-state index contributed by atoms with van der Waals surface area (Å²) in [6.07, 6.45) is 3.94. The zero-order valence-electron chi connectivity index (χ0n) is 8.42. The van der Waals surface area contributed by atoms with Crippen molar-refractivity contribution in [3.05, 3.63) is 0 Å². The van der Waals surface area contributed by atoms with E-state index in [2.05, 4.69) is 10.6 Å². The summed E-state index contributed by atoms with van der Waals surface area (Å²) in [5, 5.41) is 6.29. The average molecular weight is 214 g/mol. The van der Waals surface area contributed by atoms with Crippen molar-refractivity contribution in [3.63, 3.8) is 0 Å². The molecule has 0 radical (unpaired) electrons. The molecule has 2 aliphatic rings. The zero-order valence-corrected chi connectivity index (χ0v) is 9.24. The minimum absolute atomic E-state index is 0.0498. The Morgan fingerprint density at radius 2 is 2.36 bits per heavy atom. The van der Waals surface area contributed by atoms with Gasteiger partial charge in [-0.2, -0.15) is 11.8 Å². The molecule has 1 heterocycles. The Labute approximate surface area is 89.4 Å². The van der Waals surface area contributed by atoms with E-state index in [1.54, 1.807) is 0 Å². The average Bonchev–Trinajstić information content (AvgIpc) is 2.16. The van der Waals surface area contributed by atoms with Gasteiger partial charge in [0, 0.05) is 24.6 Å². The molecule has 2 rings (SSSR count). The van der Waals surface area contributed by atoms with E-state index in [1.807, 2.05) is 11.8 Å². The maximum atomic E-state index is 11.7. The maximum Gasteiger partial charge on any atom is 0.238 e. The van der Waals surface area contributed by atoms with Crippen LogP contribution in [0.1, 0.15) is 19.3 Å². The second-order valence-electron chi connectivity index (χ2n) is 4.12. The fraction of sp³-hybridized carbons (Fsp3) is 0.900. The van der Waals surface area contributed by atoms with Crippen LogP contribution < -0.4 is 10.6 Å². The molecule has 1 saturated carbocycles. The number of carbonyl (C=O) groups excluding carboxylic acids is 1. The highest BCUT2D eigenvalue weighted by molar-refractivity contribution is 7.99. The Kier molecular flexibility index (Phi) is 3.70. The predicted octanol–water partition coefficient (Wildman–Crippen LogP) is 0.608. The first kappa shape index (κ1) is 10.3. The Morgan fingerprint density at radius 1 is 1.50 bits per heavy atom. The van der Waals surface area contributed by atoms with Crippen LogP contribution in [0.15, 0.2) is 0 Å². The molecule has 14 heavy (non-hydrogen) atoms. The normalized spacial score (nSPS) is 28.1. The number of carbonyl (C=O) groups is 1. The van der Waals surface area contributed by atoms with E-state index in [9.17, 15) is 4.79 Å². The summed E-state index contributed by atoms with van der Waals surface area (Å²) in [6, 6.07) is 0.0498. The monoisotopic (exact) mass is 214 g/mol. The lowest BCUT2D eigenvalue weighted by atomic mass is 9.85. The van der Waals surface area contributed by atoms with Gasteiger partial charge in [-0.05, 0) is 18.8 Å². The molecule has 1 aliphatic carbocycles. The summed E-state index contributed by atoms with van der Waals surface area (Å²) in [5.74, 6) is 3.02. The Bertz CT molecular complexity index is 200. The van der Waals surface area contributed by atoms with Crippen LogP contribution >= 0.6 is 11.8 Å². The van der Waals surface area contributed by atoms with Crippen molar-refractivity contribution < 1.29 is 4.79 Å². The fourth-order valence-electron chi connectivity index (χ4n) is 1.80. The molecular formula is C10H18N2OS. The number of amides is 1. The molecule has 1 saturated heterocycles. The van der Waals surface area contributed by atoms with Gasteiger partial charge in [-0.15, -0.1) is 0 Å². The first-order valence-electron chi connectivity index (χ1n) is 5.45. The third-order valence-electron chi connectivity index (χ3n) is 3.03. The van der Waals surface area contributed by atoms with Gasteiger partial charge in [0.2, 0.25) is 5.91 Å². The summed E-state index contributed by atoms with van der Waals surface area (Å²) in [4.78, 5) is 11.7. The smallest absolute Gasteiger partial charge is 0.238 e. The van der Waals surface area contributed by atoms with Gasteiger partial charge in [-0.1, -0.05) is 6.42 Å².